The van der Waals surface area contributed by atoms with Crippen molar-refractivity contribution in [2.75, 3.05) is 19.7 Å². The number of para-hydroxylation sites is 3. The third-order valence-corrected chi connectivity index (χ3v) is 5.22. The van der Waals surface area contributed by atoms with E-state index in [2.05, 4.69) is 28.5 Å². The van der Waals surface area contributed by atoms with Gasteiger partial charge in [0.15, 0.2) is 17.6 Å². The summed E-state index contributed by atoms with van der Waals surface area (Å²) in [5.74, 6) is 1.48. The average molecular weight is 363 g/mol. The largest absolute Gasteiger partial charge is 0.486 e. The summed E-state index contributed by atoms with van der Waals surface area (Å²) in [4.78, 5) is 17.9. The predicted molar refractivity (Wildman–Crippen MR) is 102 cm³/mol. The van der Waals surface area contributed by atoms with Crippen LogP contribution in [0.1, 0.15) is 11.3 Å². The first-order valence-electron chi connectivity index (χ1n) is 9.27. The molecule has 0 bridgehead atoms. The molecule has 0 fully saturated rings. The van der Waals surface area contributed by atoms with Gasteiger partial charge in [0.1, 0.15) is 6.61 Å². The number of carbonyl (C=O) groups is 1. The maximum atomic E-state index is 12.6. The summed E-state index contributed by atoms with van der Waals surface area (Å²) >= 11 is 0. The van der Waals surface area contributed by atoms with Crippen molar-refractivity contribution in [3.63, 3.8) is 0 Å². The van der Waals surface area contributed by atoms with Crippen LogP contribution in [0.3, 0.4) is 0 Å². The number of hydrogen-bond donors (Lipinski definition) is 2. The molecule has 0 saturated heterocycles. The van der Waals surface area contributed by atoms with Crippen LogP contribution in [-0.2, 0) is 13.0 Å². The van der Waals surface area contributed by atoms with Gasteiger partial charge in [-0.25, -0.2) is 4.79 Å². The number of hydrogen-bond acceptors (Lipinski definition) is 3. The summed E-state index contributed by atoms with van der Waals surface area (Å²) < 4.78 is 11.6. The standard InChI is InChI=1S/C21H21N3O3/c25-21(22-11-14-13-26-19-7-3-4-8-20(19)27-14)24-10-9-16-15-5-1-2-6-17(15)23-18(16)12-24/h1-8,14,23H,9-13H2,(H,22,25)/t14-/m0/s1. The molecule has 2 aliphatic heterocycles. The number of aromatic amines is 1. The Balaban J connectivity index is 1.21. The highest BCUT2D eigenvalue weighted by Gasteiger charge is 2.26. The highest BCUT2D eigenvalue weighted by molar-refractivity contribution is 5.85. The average Bonchev–Trinajstić information content (AvgIpc) is 3.09. The molecule has 5 rings (SSSR count). The lowest BCUT2D eigenvalue weighted by Crippen LogP contribution is -2.47. The zero-order valence-electron chi connectivity index (χ0n) is 14.9. The monoisotopic (exact) mass is 363 g/mol. The number of fused-ring (bicyclic) bond motifs is 4. The minimum atomic E-state index is -0.183. The summed E-state index contributed by atoms with van der Waals surface area (Å²) in [6.45, 7) is 2.17. The fraction of sp³-hybridized carbons (Fsp3) is 0.286. The zero-order chi connectivity index (χ0) is 18.2. The molecule has 0 aliphatic carbocycles. The van der Waals surface area contributed by atoms with E-state index >= 15 is 0 Å². The molecule has 0 unspecified atom stereocenters. The van der Waals surface area contributed by atoms with Crippen LogP contribution in [0.4, 0.5) is 4.79 Å². The number of H-pyrrole nitrogens is 1. The van der Waals surface area contributed by atoms with Crippen molar-refractivity contribution < 1.29 is 14.3 Å². The van der Waals surface area contributed by atoms with E-state index in [1.165, 1.54) is 10.9 Å². The Kier molecular flexibility index (Phi) is 3.89. The van der Waals surface area contributed by atoms with Gasteiger partial charge in [0.25, 0.3) is 0 Å². The summed E-state index contributed by atoms with van der Waals surface area (Å²) in [5, 5.41) is 4.25. The molecular formula is C21H21N3O3. The number of rotatable bonds is 2. The highest BCUT2D eigenvalue weighted by Crippen LogP contribution is 2.31. The van der Waals surface area contributed by atoms with E-state index in [0.717, 1.165) is 29.1 Å². The molecule has 2 aromatic carbocycles. The Bertz CT molecular complexity index is 997. The van der Waals surface area contributed by atoms with Crippen LogP contribution in [0.2, 0.25) is 0 Å². The predicted octanol–water partition coefficient (Wildman–Crippen LogP) is 3.08. The van der Waals surface area contributed by atoms with Crippen molar-refractivity contribution in [3.8, 4) is 11.5 Å². The van der Waals surface area contributed by atoms with Gasteiger partial charge in [0.2, 0.25) is 0 Å². The smallest absolute Gasteiger partial charge is 0.317 e. The number of urea groups is 1. The van der Waals surface area contributed by atoms with Crippen LogP contribution in [0, 0.1) is 0 Å². The van der Waals surface area contributed by atoms with Crippen molar-refractivity contribution >= 4 is 16.9 Å². The minimum absolute atomic E-state index is 0.0678. The normalized spacial score (nSPS) is 18.2. The van der Waals surface area contributed by atoms with Gasteiger partial charge >= 0.3 is 6.03 Å². The topological polar surface area (TPSA) is 66.6 Å². The van der Waals surface area contributed by atoms with E-state index in [1.807, 2.05) is 35.2 Å². The van der Waals surface area contributed by atoms with E-state index in [0.29, 0.717) is 26.2 Å². The number of ether oxygens (including phenoxy) is 2. The maximum Gasteiger partial charge on any atom is 0.317 e. The van der Waals surface area contributed by atoms with E-state index in [1.54, 1.807) is 0 Å². The zero-order valence-corrected chi connectivity index (χ0v) is 14.9. The second-order valence-electron chi connectivity index (χ2n) is 6.98. The van der Waals surface area contributed by atoms with Gasteiger partial charge < -0.3 is 24.7 Å². The second-order valence-corrected chi connectivity index (χ2v) is 6.98. The second kappa shape index (κ2) is 6.54. The third-order valence-electron chi connectivity index (χ3n) is 5.22. The molecule has 0 radical (unpaired) electrons. The van der Waals surface area contributed by atoms with Crippen LogP contribution in [0.15, 0.2) is 48.5 Å². The number of amides is 2. The van der Waals surface area contributed by atoms with Gasteiger partial charge in [0, 0.05) is 23.1 Å². The summed E-state index contributed by atoms with van der Waals surface area (Å²) in [6, 6.07) is 15.8. The van der Waals surface area contributed by atoms with Gasteiger partial charge in [0.05, 0.1) is 13.1 Å². The van der Waals surface area contributed by atoms with Crippen LogP contribution < -0.4 is 14.8 Å². The highest BCUT2D eigenvalue weighted by atomic mass is 16.6. The van der Waals surface area contributed by atoms with Crippen molar-refractivity contribution in [3.05, 3.63) is 59.8 Å². The van der Waals surface area contributed by atoms with Gasteiger partial charge in [-0.15, -0.1) is 0 Å². The van der Waals surface area contributed by atoms with Gasteiger partial charge in [-0.1, -0.05) is 30.3 Å². The molecule has 3 aromatic rings. The lowest BCUT2D eigenvalue weighted by molar-refractivity contribution is 0.0898. The fourth-order valence-electron chi connectivity index (χ4n) is 3.84. The molecular weight excluding hydrogens is 342 g/mol. The Morgan fingerprint density at radius 1 is 1.15 bits per heavy atom. The number of nitrogens with one attached hydrogen (secondary N) is 2. The molecule has 0 spiro atoms. The Hall–Kier alpha value is -3.15. The van der Waals surface area contributed by atoms with Crippen LogP contribution in [0.25, 0.3) is 10.9 Å². The molecule has 1 atom stereocenters. The molecule has 2 amide bonds. The number of benzene rings is 2. The molecule has 6 heteroatoms. The molecule has 6 nitrogen and oxygen atoms in total. The Labute approximate surface area is 157 Å². The lowest BCUT2D eigenvalue weighted by Gasteiger charge is -2.30. The number of aromatic nitrogens is 1. The van der Waals surface area contributed by atoms with Crippen LogP contribution >= 0.6 is 0 Å². The fourth-order valence-corrected chi connectivity index (χ4v) is 3.84. The van der Waals surface area contributed by atoms with Gasteiger partial charge in [-0.05, 0) is 30.2 Å². The number of carbonyl (C=O) groups excluding carboxylic acids is 1. The quantitative estimate of drug-likeness (QED) is 0.735. The molecule has 2 N–H and O–H groups in total. The third kappa shape index (κ3) is 2.97. The number of nitrogens with zero attached hydrogens (tertiary/aromatic N) is 1. The SMILES string of the molecule is O=C(NC[C@H]1COc2ccccc2O1)N1CCc2c([nH]c3ccccc23)C1. The molecule has 3 heterocycles. The van der Waals surface area contributed by atoms with E-state index in [-0.39, 0.29) is 12.1 Å². The molecule has 0 saturated carbocycles. The van der Waals surface area contributed by atoms with E-state index < -0.39 is 0 Å². The maximum absolute atomic E-state index is 12.6. The van der Waals surface area contributed by atoms with E-state index in [4.69, 9.17) is 9.47 Å². The molecule has 2 aliphatic rings. The van der Waals surface area contributed by atoms with Crippen LogP contribution in [0.5, 0.6) is 11.5 Å². The Morgan fingerprint density at radius 3 is 2.89 bits per heavy atom. The summed E-state index contributed by atoms with van der Waals surface area (Å²) in [6.07, 6.45) is 0.681. The first-order chi connectivity index (χ1) is 13.3. The molecule has 27 heavy (non-hydrogen) atoms. The Morgan fingerprint density at radius 2 is 1.96 bits per heavy atom. The van der Waals surface area contributed by atoms with Crippen molar-refractivity contribution in [2.24, 2.45) is 0 Å². The summed E-state index contributed by atoms with van der Waals surface area (Å²) in [5.41, 5.74) is 3.59. The lowest BCUT2D eigenvalue weighted by atomic mass is 10.0. The molecule has 1 aromatic heterocycles. The first-order valence-corrected chi connectivity index (χ1v) is 9.27. The first kappa shape index (κ1) is 16.1. The summed E-state index contributed by atoms with van der Waals surface area (Å²) in [7, 11) is 0. The van der Waals surface area contributed by atoms with Crippen molar-refractivity contribution in [1.29, 1.82) is 0 Å². The van der Waals surface area contributed by atoms with Crippen molar-refractivity contribution in [1.82, 2.24) is 15.2 Å². The van der Waals surface area contributed by atoms with Gasteiger partial charge in [-0.3, -0.25) is 0 Å². The molecule has 138 valence electrons. The van der Waals surface area contributed by atoms with Crippen LogP contribution in [-0.4, -0.2) is 41.7 Å². The van der Waals surface area contributed by atoms with Crippen molar-refractivity contribution in [2.45, 2.75) is 19.1 Å². The van der Waals surface area contributed by atoms with Gasteiger partial charge in [-0.2, -0.15) is 0 Å². The minimum Gasteiger partial charge on any atom is -0.486 e. The van der Waals surface area contributed by atoms with E-state index in [9.17, 15) is 4.79 Å².